The second kappa shape index (κ2) is 6.60. The first kappa shape index (κ1) is 14.0. The van der Waals surface area contributed by atoms with Crippen molar-refractivity contribution in [1.82, 2.24) is 5.32 Å². The summed E-state index contributed by atoms with van der Waals surface area (Å²) in [6.07, 6.45) is 11.6. The molecule has 0 heterocycles. The second-order valence-electron chi connectivity index (χ2n) is 4.88. The smallest absolute Gasteiger partial charge is 0.244 e. The van der Waals surface area contributed by atoms with Crippen molar-refractivity contribution in [3.05, 3.63) is 24.3 Å². The van der Waals surface area contributed by atoms with Crippen molar-refractivity contribution in [3.8, 4) is 0 Å². The lowest BCUT2D eigenvalue weighted by Crippen LogP contribution is -2.58. The topological polar surface area (TPSA) is 55.1 Å². The van der Waals surface area contributed by atoms with Gasteiger partial charge in [0.15, 0.2) is 0 Å². The molecule has 0 aromatic heterocycles. The SMILES string of the molecule is CC=CC=CC(=O)NC1(CN)CCCCC1C. The highest BCUT2D eigenvalue weighted by Gasteiger charge is 2.37. The maximum Gasteiger partial charge on any atom is 0.244 e. The second-order valence-corrected chi connectivity index (χ2v) is 4.88. The standard InChI is InChI=1S/C14H24N2O/c1-3-4-5-9-13(17)16-14(11-15)10-7-6-8-12(14)2/h3-5,9,12H,6-8,10-11,15H2,1-2H3,(H,16,17). The maximum absolute atomic E-state index is 11.8. The van der Waals surface area contributed by atoms with Crippen LogP contribution in [0.15, 0.2) is 24.3 Å². The number of allylic oxidation sites excluding steroid dienone is 3. The van der Waals surface area contributed by atoms with Crippen molar-refractivity contribution < 1.29 is 4.79 Å². The third-order valence-electron chi connectivity index (χ3n) is 3.74. The van der Waals surface area contributed by atoms with Gasteiger partial charge in [-0.2, -0.15) is 0 Å². The van der Waals surface area contributed by atoms with E-state index in [1.54, 1.807) is 12.2 Å². The van der Waals surface area contributed by atoms with E-state index >= 15 is 0 Å². The van der Waals surface area contributed by atoms with Gasteiger partial charge in [0.25, 0.3) is 0 Å². The Balaban J connectivity index is 2.64. The fourth-order valence-electron chi connectivity index (χ4n) is 2.49. The molecule has 0 aromatic carbocycles. The Kier molecular flexibility index (Phi) is 5.42. The van der Waals surface area contributed by atoms with Crippen molar-refractivity contribution in [1.29, 1.82) is 0 Å². The minimum absolute atomic E-state index is 0.0395. The molecule has 1 aliphatic rings. The molecular formula is C14H24N2O. The minimum Gasteiger partial charge on any atom is -0.346 e. The van der Waals surface area contributed by atoms with Crippen LogP contribution in [0.5, 0.6) is 0 Å². The van der Waals surface area contributed by atoms with Gasteiger partial charge in [-0.05, 0) is 25.7 Å². The van der Waals surface area contributed by atoms with E-state index in [9.17, 15) is 4.79 Å². The Morgan fingerprint density at radius 3 is 2.82 bits per heavy atom. The predicted molar refractivity (Wildman–Crippen MR) is 71.5 cm³/mol. The minimum atomic E-state index is -0.199. The first-order valence-electron chi connectivity index (χ1n) is 6.46. The zero-order valence-electron chi connectivity index (χ0n) is 10.9. The fourth-order valence-corrected chi connectivity index (χ4v) is 2.49. The Bertz CT molecular complexity index is 309. The van der Waals surface area contributed by atoms with Gasteiger partial charge in [-0.15, -0.1) is 0 Å². The van der Waals surface area contributed by atoms with Crippen molar-refractivity contribution in [2.75, 3.05) is 6.54 Å². The van der Waals surface area contributed by atoms with E-state index in [2.05, 4.69) is 12.2 Å². The average molecular weight is 236 g/mol. The molecule has 3 heteroatoms. The Labute approximate surface area is 104 Å². The number of amides is 1. The summed E-state index contributed by atoms with van der Waals surface area (Å²) in [6, 6.07) is 0. The molecule has 0 aliphatic heterocycles. The van der Waals surface area contributed by atoms with Crippen LogP contribution < -0.4 is 11.1 Å². The van der Waals surface area contributed by atoms with E-state index in [-0.39, 0.29) is 11.4 Å². The highest BCUT2D eigenvalue weighted by molar-refractivity contribution is 5.88. The molecule has 96 valence electrons. The number of rotatable bonds is 4. The van der Waals surface area contributed by atoms with Crippen LogP contribution in [0.25, 0.3) is 0 Å². The third kappa shape index (κ3) is 3.70. The van der Waals surface area contributed by atoms with Gasteiger partial charge in [-0.1, -0.05) is 38.0 Å². The lowest BCUT2D eigenvalue weighted by molar-refractivity contribution is -0.119. The molecule has 1 amide bonds. The average Bonchev–Trinajstić information content (AvgIpc) is 2.32. The highest BCUT2D eigenvalue weighted by Crippen LogP contribution is 2.32. The predicted octanol–water partition coefficient (Wildman–Crippen LogP) is 2.14. The van der Waals surface area contributed by atoms with Gasteiger partial charge in [0.2, 0.25) is 5.91 Å². The van der Waals surface area contributed by atoms with Gasteiger partial charge in [0.1, 0.15) is 0 Å². The monoisotopic (exact) mass is 236 g/mol. The third-order valence-corrected chi connectivity index (χ3v) is 3.74. The molecule has 0 radical (unpaired) electrons. The van der Waals surface area contributed by atoms with E-state index < -0.39 is 0 Å². The van der Waals surface area contributed by atoms with Crippen molar-refractivity contribution in [3.63, 3.8) is 0 Å². The molecule has 1 saturated carbocycles. The lowest BCUT2D eigenvalue weighted by Gasteiger charge is -2.42. The van der Waals surface area contributed by atoms with Crippen molar-refractivity contribution in [2.24, 2.45) is 11.7 Å². The van der Waals surface area contributed by atoms with E-state index in [4.69, 9.17) is 5.73 Å². The Morgan fingerprint density at radius 1 is 1.47 bits per heavy atom. The Morgan fingerprint density at radius 2 is 2.24 bits per heavy atom. The molecule has 1 rings (SSSR count). The van der Waals surface area contributed by atoms with Crippen molar-refractivity contribution in [2.45, 2.75) is 45.1 Å². The van der Waals surface area contributed by atoms with Gasteiger partial charge in [0, 0.05) is 12.6 Å². The van der Waals surface area contributed by atoms with Gasteiger partial charge >= 0.3 is 0 Å². The first-order chi connectivity index (χ1) is 8.14. The number of carbonyl (C=O) groups excluding carboxylic acids is 1. The molecule has 0 saturated heterocycles. The molecule has 0 spiro atoms. The van der Waals surface area contributed by atoms with E-state index in [1.165, 1.54) is 6.42 Å². The summed E-state index contributed by atoms with van der Waals surface area (Å²) in [5.41, 5.74) is 5.68. The molecule has 0 aromatic rings. The zero-order chi connectivity index (χ0) is 12.7. The highest BCUT2D eigenvalue weighted by atomic mass is 16.1. The fraction of sp³-hybridized carbons (Fsp3) is 0.643. The molecule has 2 unspecified atom stereocenters. The summed E-state index contributed by atoms with van der Waals surface area (Å²) in [5, 5.41) is 3.11. The Hall–Kier alpha value is -1.09. The number of hydrogen-bond acceptors (Lipinski definition) is 2. The van der Waals surface area contributed by atoms with E-state index in [0.29, 0.717) is 12.5 Å². The molecule has 3 N–H and O–H groups in total. The zero-order valence-corrected chi connectivity index (χ0v) is 10.9. The van der Waals surface area contributed by atoms with Crippen LogP contribution in [0.4, 0.5) is 0 Å². The summed E-state index contributed by atoms with van der Waals surface area (Å²) in [6.45, 7) is 4.63. The largest absolute Gasteiger partial charge is 0.346 e. The number of hydrogen-bond donors (Lipinski definition) is 2. The summed E-state index contributed by atoms with van der Waals surface area (Å²) in [7, 11) is 0. The first-order valence-corrected chi connectivity index (χ1v) is 6.46. The normalized spacial score (nSPS) is 29.9. The number of nitrogens with two attached hydrogens (primary N) is 1. The lowest BCUT2D eigenvalue weighted by atomic mass is 9.73. The van der Waals surface area contributed by atoms with Gasteiger partial charge in [-0.25, -0.2) is 0 Å². The van der Waals surface area contributed by atoms with E-state index in [0.717, 1.165) is 19.3 Å². The number of nitrogens with one attached hydrogen (secondary N) is 1. The van der Waals surface area contributed by atoms with Crippen molar-refractivity contribution >= 4 is 5.91 Å². The summed E-state index contributed by atoms with van der Waals surface area (Å²) in [4.78, 5) is 11.8. The van der Waals surface area contributed by atoms with Gasteiger partial charge in [0.05, 0.1) is 5.54 Å². The summed E-state index contributed by atoms with van der Waals surface area (Å²) in [5.74, 6) is 0.419. The van der Waals surface area contributed by atoms with Crippen LogP contribution in [0, 0.1) is 5.92 Å². The van der Waals surface area contributed by atoms with Crippen LogP contribution in [-0.2, 0) is 4.79 Å². The van der Waals surface area contributed by atoms with Crippen LogP contribution in [0.3, 0.4) is 0 Å². The molecule has 2 atom stereocenters. The van der Waals surface area contributed by atoms with Crippen LogP contribution in [0.2, 0.25) is 0 Å². The maximum atomic E-state index is 11.8. The van der Waals surface area contributed by atoms with E-state index in [1.807, 2.05) is 19.1 Å². The molecule has 3 nitrogen and oxygen atoms in total. The van der Waals surface area contributed by atoms with Crippen LogP contribution >= 0.6 is 0 Å². The molecule has 17 heavy (non-hydrogen) atoms. The molecule has 1 aliphatic carbocycles. The molecular weight excluding hydrogens is 212 g/mol. The van der Waals surface area contributed by atoms with Gasteiger partial charge < -0.3 is 11.1 Å². The number of carbonyl (C=O) groups is 1. The van der Waals surface area contributed by atoms with Gasteiger partial charge in [-0.3, -0.25) is 4.79 Å². The molecule has 0 bridgehead atoms. The van der Waals surface area contributed by atoms with Crippen LogP contribution in [0.1, 0.15) is 39.5 Å². The summed E-state index contributed by atoms with van der Waals surface area (Å²) < 4.78 is 0. The summed E-state index contributed by atoms with van der Waals surface area (Å²) >= 11 is 0. The molecule has 1 fully saturated rings. The quantitative estimate of drug-likeness (QED) is 0.580. The van der Waals surface area contributed by atoms with Crippen LogP contribution in [-0.4, -0.2) is 18.0 Å².